The van der Waals surface area contributed by atoms with Crippen LogP contribution in [0.1, 0.15) is 25.7 Å². The van der Waals surface area contributed by atoms with Gasteiger partial charge in [-0.25, -0.2) is 8.42 Å². The Morgan fingerprint density at radius 1 is 1.14 bits per heavy atom. The highest BCUT2D eigenvalue weighted by Gasteiger charge is 2.24. The van der Waals surface area contributed by atoms with Crippen LogP contribution in [0.3, 0.4) is 0 Å². The lowest BCUT2D eigenvalue weighted by molar-refractivity contribution is 0.125. The number of sulfone groups is 1. The van der Waals surface area contributed by atoms with Crippen LogP contribution in [0.4, 0.5) is 0 Å². The van der Waals surface area contributed by atoms with Crippen molar-refractivity contribution in [2.45, 2.75) is 36.6 Å². The summed E-state index contributed by atoms with van der Waals surface area (Å²) in [7, 11) is -1.50. The third kappa shape index (κ3) is 4.80. The Bertz CT molecular complexity index is 510. The van der Waals surface area contributed by atoms with Crippen LogP contribution in [0.2, 0.25) is 0 Å². The van der Waals surface area contributed by atoms with Gasteiger partial charge >= 0.3 is 0 Å². The first kappa shape index (κ1) is 16.5. The van der Waals surface area contributed by atoms with Crippen molar-refractivity contribution < 1.29 is 13.2 Å². The molecule has 0 heterocycles. The first-order valence-corrected chi connectivity index (χ1v) is 9.29. The van der Waals surface area contributed by atoms with Gasteiger partial charge in [-0.15, -0.1) is 0 Å². The van der Waals surface area contributed by atoms with E-state index in [-0.39, 0.29) is 5.75 Å². The lowest BCUT2D eigenvalue weighted by Gasteiger charge is -2.28. The maximum Gasteiger partial charge on any atom is 0.179 e. The zero-order valence-corrected chi connectivity index (χ0v) is 13.5. The molecule has 0 saturated heterocycles. The minimum atomic E-state index is -3.19. The molecule has 5 heteroatoms. The quantitative estimate of drug-likeness (QED) is 0.739. The van der Waals surface area contributed by atoms with E-state index in [0.29, 0.717) is 24.1 Å². The number of nitrogens with zero attached hydrogens (tertiary/aromatic N) is 1. The van der Waals surface area contributed by atoms with Crippen molar-refractivity contribution in [2.24, 2.45) is 0 Å². The number of methoxy groups -OCH3 is 1. The second kappa shape index (κ2) is 7.92. The average molecular weight is 311 g/mol. The Hall–Kier alpha value is -0.910. The molecule has 1 aliphatic rings. The minimum absolute atomic E-state index is 0.178. The van der Waals surface area contributed by atoms with Gasteiger partial charge in [0.2, 0.25) is 0 Å². The van der Waals surface area contributed by atoms with Crippen LogP contribution in [0.5, 0.6) is 0 Å². The van der Waals surface area contributed by atoms with Gasteiger partial charge in [0.15, 0.2) is 9.84 Å². The Morgan fingerprint density at radius 3 is 2.43 bits per heavy atom. The van der Waals surface area contributed by atoms with Crippen LogP contribution >= 0.6 is 0 Å². The monoisotopic (exact) mass is 311 g/mol. The van der Waals surface area contributed by atoms with Crippen LogP contribution in [0.15, 0.2) is 35.2 Å². The molecule has 2 rings (SSSR count). The molecule has 0 spiro atoms. The molecular formula is C16H25NO3S. The SMILES string of the molecule is COCCN(CCS(=O)(=O)c1ccccc1)C1CCCC1. The molecule has 0 bridgehead atoms. The van der Waals surface area contributed by atoms with Gasteiger partial charge in [-0.3, -0.25) is 4.90 Å². The zero-order chi connectivity index (χ0) is 15.1. The molecule has 1 fully saturated rings. The molecular weight excluding hydrogens is 286 g/mol. The van der Waals surface area contributed by atoms with Gasteiger partial charge in [-0.05, 0) is 25.0 Å². The van der Waals surface area contributed by atoms with E-state index < -0.39 is 9.84 Å². The standard InChI is InChI=1S/C16H25NO3S/c1-20-13-11-17(15-7-5-6-8-15)12-14-21(18,19)16-9-3-2-4-10-16/h2-4,9-10,15H,5-8,11-14H2,1H3. The normalized spacial score (nSPS) is 16.7. The molecule has 0 radical (unpaired) electrons. The molecule has 0 atom stereocenters. The number of rotatable bonds is 8. The van der Waals surface area contributed by atoms with Crippen LogP contribution < -0.4 is 0 Å². The molecule has 1 saturated carbocycles. The van der Waals surface area contributed by atoms with Gasteiger partial charge in [0.05, 0.1) is 17.3 Å². The second-order valence-electron chi connectivity index (χ2n) is 5.60. The summed E-state index contributed by atoms with van der Waals surface area (Å²) >= 11 is 0. The first-order chi connectivity index (χ1) is 10.1. The largest absolute Gasteiger partial charge is 0.383 e. The van der Waals surface area contributed by atoms with E-state index in [2.05, 4.69) is 4.90 Å². The summed E-state index contributed by atoms with van der Waals surface area (Å²) in [6.45, 7) is 2.05. The van der Waals surface area contributed by atoms with E-state index in [4.69, 9.17) is 4.74 Å². The maximum absolute atomic E-state index is 12.4. The van der Waals surface area contributed by atoms with Gasteiger partial charge in [-0.2, -0.15) is 0 Å². The van der Waals surface area contributed by atoms with E-state index in [1.807, 2.05) is 6.07 Å². The van der Waals surface area contributed by atoms with Crippen molar-refractivity contribution in [3.63, 3.8) is 0 Å². The predicted molar refractivity (Wildman–Crippen MR) is 84.2 cm³/mol. The fraction of sp³-hybridized carbons (Fsp3) is 0.625. The molecule has 1 aromatic carbocycles. The molecule has 0 aliphatic heterocycles. The van der Waals surface area contributed by atoms with Crippen molar-refractivity contribution in [2.75, 3.05) is 32.6 Å². The van der Waals surface area contributed by atoms with Crippen LogP contribution in [-0.2, 0) is 14.6 Å². The summed E-state index contributed by atoms with van der Waals surface area (Å²) in [5.41, 5.74) is 0. The second-order valence-corrected chi connectivity index (χ2v) is 7.71. The molecule has 0 unspecified atom stereocenters. The summed E-state index contributed by atoms with van der Waals surface area (Å²) in [6, 6.07) is 9.24. The van der Waals surface area contributed by atoms with E-state index >= 15 is 0 Å². The molecule has 0 N–H and O–H groups in total. The summed E-state index contributed by atoms with van der Waals surface area (Å²) in [6.07, 6.45) is 4.85. The van der Waals surface area contributed by atoms with Gasteiger partial charge in [0.25, 0.3) is 0 Å². The fourth-order valence-corrected chi connectivity index (χ4v) is 4.22. The first-order valence-electron chi connectivity index (χ1n) is 7.64. The summed E-state index contributed by atoms with van der Waals surface area (Å²) in [5, 5.41) is 0. The third-order valence-electron chi connectivity index (χ3n) is 4.17. The highest BCUT2D eigenvalue weighted by Crippen LogP contribution is 2.23. The highest BCUT2D eigenvalue weighted by atomic mass is 32.2. The lowest BCUT2D eigenvalue weighted by atomic mass is 10.2. The smallest absolute Gasteiger partial charge is 0.179 e. The number of hydrogen-bond donors (Lipinski definition) is 0. The van der Waals surface area contributed by atoms with Gasteiger partial charge in [0.1, 0.15) is 0 Å². The zero-order valence-electron chi connectivity index (χ0n) is 12.7. The molecule has 21 heavy (non-hydrogen) atoms. The van der Waals surface area contributed by atoms with Crippen LogP contribution in [0, 0.1) is 0 Å². The van der Waals surface area contributed by atoms with Gasteiger partial charge < -0.3 is 4.74 Å². The highest BCUT2D eigenvalue weighted by molar-refractivity contribution is 7.91. The molecule has 118 valence electrons. The summed E-state index contributed by atoms with van der Waals surface area (Å²) < 4.78 is 29.9. The Labute approximate surface area is 128 Å². The lowest BCUT2D eigenvalue weighted by Crippen LogP contribution is -2.39. The average Bonchev–Trinajstić information content (AvgIpc) is 3.02. The maximum atomic E-state index is 12.4. The van der Waals surface area contributed by atoms with Crippen molar-refractivity contribution in [3.05, 3.63) is 30.3 Å². The van der Waals surface area contributed by atoms with Gasteiger partial charge in [0, 0.05) is 26.2 Å². The molecule has 4 nitrogen and oxygen atoms in total. The van der Waals surface area contributed by atoms with Crippen molar-refractivity contribution >= 4 is 9.84 Å². The van der Waals surface area contributed by atoms with E-state index in [9.17, 15) is 8.42 Å². The van der Waals surface area contributed by atoms with Crippen molar-refractivity contribution in [3.8, 4) is 0 Å². The van der Waals surface area contributed by atoms with Crippen LogP contribution in [-0.4, -0.2) is 51.9 Å². The number of hydrogen-bond acceptors (Lipinski definition) is 4. The Morgan fingerprint density at radius 2 is 1.81 bits per heavy atom. The minimum Gasteiger partial charge on any atom is -0.383 e. The topological polar surface area (TPSA) is 46.6 Å². The fourth-order valence-electron chi connectivity index (χ4n) is 2.94. The van der Waals surface area contributed by atoms with Crippen molar-refractivity contribution in [1.29, 1.82) is 0 Å². The summed E-state index contributed by atoms with van der Waals surface area (Å²) in [5.74, 6) is 0.178. The van der Waals surface area contributed by atoms with Gasteiger partial charge in [-0.1, -0.05) is 31.0 Å². The third-order valence-corrected chi connectivity index (χ3v) is 5.88. The van der Waals surface area contributed by atoms with E-state index in [1.54, 1.807) is 31.4 Å². The van der Waals surface area contributed by atoms with E-state index in [1.165, 1.54) is 25.7 Å². The molecule has 0 aromatic heterocycles. The molecule has 0 amide bonds. The Balaban J connectivity index is 1.97. The van der Waals surface area contributed by atoms with Crippen molar-refractivity contribution in [1.82, 2.24) is 4.90 Å². The Kier molecular flexibility index (Phi) is 6.21. The number of ether oxygens (including phenoxy) is 1. The molecule has 1 aliphatic carbocycles. The van der Waals surface area contributed by atoms with Crippen LogP contribution in [0.25, 0.3) is 0 Å². The summed E-state index contributed by atoms with van der Waals surface area (Å²) in [4.78, 5) is 2.71. The predicted octanol–water partition coefficient (Wildman–Crippen LogP) is 2.35. The molecule has 1 aromatic rings. The number of benzene rings is 1. The van der Waals surface area contributed by atoms with E-state index in [0.717, 1.165) is 6.54 Å².